The van der Waals surface area contributed by atoms with Crippen molar-refractivity contribution in [3.05, 3.63) is 21.9 Å². The molecule has 80 valence electrons. The third kappa shape index (κ3) is 1.90. The Kier molecular flexibility index (Phi) is 3.04. The average molecular weight is 241 g/mol. The molecule has 0 saturated heterocycles. The van der Waals surface area contributed by atoms with Crippen LogP contribution in [0, 0.1) is 6.92 Å². The molecule has 0 unspecified atom stereocenters. The molecule has 0 aliphatic rings. The minimum absolute atomic E-state index is 0.150. The topological polar surface area (TPSA) is 38.3 Å². The Bertz CT molecular complexity index is 487. The highest BCUT2D eigenvalue weighted by atomic mass is 32.1. The van der Waals surface area contributed by atoms with Crippen molar-refractivity contribution < 1.29 is 9.63 Å². The number of hydrogen-bond donors (Lipinski definition) is 1. The summed E-state index contributed by atoms with van der Waals surface area (Å²) >= 11 is 3.17. The normalized spacial score (nSPS) is 10.8. The lowest BCUT2D eigenvalue weighted by Gasteiger charge is -2.01. The van der Waals surface area contributed by atoms with E-state index in [0.717, 1.165) is 10.4 Å². The summed E-state index contributed by atoms with van der Waals surface area (Å²) < 4.78 is 2.36. The Hall–Kier alpha value is -0.910. The zero-order chi connectivity index (χ0) is 10.8. The second-order valence-corrected chi connectivity index (χ2v) is 5.00. The van der Waals surface area contributed by atoms with Crippen molar-refractivity contribution in [2.75, 3.05) is 6.61 Å². The molecule has 15 heavy (non-hydrogen) atoms. The molecule has 1 amide bonds. The molecule has 5 heteroatoms. The fourth-order valence-electron chi connectivity index (χ4n) is 1.34. The Morgan fingerprint density at radius 2 is 2.40 bits per heavy atom. The Morgan fingerprint density at radius 3 is 3.07 bits per heavy atom. The van der Waals surface area contributed by atoms with Crippen LogP contribution in [-0.4, -0.2) is 12.5 Å². The van der Waals surface area contributed by atoms with E-state index in [1.165, 1.54) is 20.7 Å². The molecule has 2 heterocycles. The molecule has 0 aromatic carbocycles. The second-order valence-electron chi connectivity index (χ2n) is 3.03. The molecule has 0 atom stereocenters. The van der Waals surface area contributed by atoms with Gasteiger partial charge in [-0.15, -0.1) is 22.7 Å². The number of thiophene rings is 2. The number of aryl methyl sites for hydroxylation is 1. The highest BCUT2D eigenvalue weighted by Crippen LogP contribution is 2.34. The Balaban J connectivity index is 2.31. The van der Waals surface area contributed by atoms with Gasteiger partial charge in [-0.2, -0.15) is 0 Å². The lowest BCUT2D eigenvalue weighted by molar-refractivity contribution is 0.0368. The van der Waals surface area contributed by atoms with Gasteiger partial charge in [-0.05, 0) is 30.9 Å². The summed E-state index contributed by atoms with van der Waals surface area (Å²) in [5.74, 6) is -0.150. The summed E-state index contributed by atoms with van der Waals surface area (Å²) in [6.07, 6.45) is 0. The predicted octanol–water partition coefficient (Wildman–Crippen LogP) is 2.95. The van der Waals surface area contributed by atoms with Gasteiger partial charge in [-0.3, -0.25) is 9.63 Å². The maximum Gasteiger partial charge on any atom is 0.285 e. The molecule has 0 spiro atoms. The van der Waals surface area contributed by atoms with E-state index in [9.17, 15) is 4.79 Å². The van der Waals surface area contributed by atoms with Gasteiger partial charge in [0, 0.05) is 9.40 Å². The van der Waals surface area contributed by atoms with Crippen molar-refractivity contribution in [2.24, 2.45) is 0 Å². The monoisotopic (exact) mass is 241 g/mol. The first-order chi connectivity index (χ1) is 7.24. The highest BCUT2D eigenvalue weighted by Gasteiger charge is 2.15. The second kappa shape index (κ2) is 4.30. The van der Waals surface area contributed by atoms with E-state index in [0.29, 0.717) is 6.61 Å². The molecule has 2 aromatic rings. The van der Waals surface area contributed by atoms with Crippen LogP contribution in [-0.2, 0) is 4.84 Å². The number of fused-ring (bicyclic) bond motifs is 1. The molecule has 2 rings (SSSR count). The maximum absolute atomic E-state index is 11.7. The minimum atomic E-state index is -0.150. The molecule has 0 aliphatic heterocycles. The van der Waals surface area contributed by atoms with Crippen LogP contribution >= 0.6 is 22.7 Å². The summed E-state index contributed by atoms with van der Waals surface area (Å²) in [6, 6.07) is 2.04. The van der Waals surface area contributed by atoms with Crippen LogP contribution in [0.1, 0.15) is 22.2 Å². The van der Waals surface area contributed by atoms with Gasteiger partial charge in [0.15, 0.2) is 0 Å². The van der Waals surface area contributed by atoms with Crippen molar-refractivity contribution in [2.45, 2.75) is 13.8 Å². The van der Waals surface area contributed by atoms with Crippen molar-refractivity contribution >= 4 is 38.0 Å². The number of amides is 1. The average Bonchev–Trinajstić information content (AvgIpc) is 2.78. The largest absolute Gasteiger partial charge is 0.285 e. The molecule has 0 aliphatic carbocycles. The van der Waals surface area contributed by atoms with Crippen LogP contribution in [0.5, 0.6) is 0 Å². The maximum atomic E-state index is 11.7. The zero-order valence-electron chi connectivity index (χ0n) is 8.49. The number of carbonyl (C=O) groups is 1. The first-order valence-corrected chi connectivity index (χ1v) is 6.32. The van der Waals surface area contributed by atoms with Gasteiger partial charge in [0.2, 0.25) is 0 Å². The molecule has 1 N–H and O–H groups in total. The van der Waals surface area contributed by atoms with Gasteiger partial charge in [0.1, 0.15) is 0 Å². The fraction of sp³-hybridized carbons (Fsp3) is 0.300. The van der Waals surface area contributed by atoms with Crippen LogP contribution in [0.2, 0.25) is 0 Å². The summed E-state index contributed by atoms with van der Waals surface area (Å²) in [7, 11) is 0. The Labute approximate surface area is 95.6 Å². The number of nitrogens with one attached hydrogen (secondary N) is 1. The van der Waals surface area contributed by atoms with E-state index in [4.69, 9.17) is 4.84 Å². The van der Waals surface area contributed by atoms with Crippen LogP contribution in [0.4, 0.5) is 0 Å². The first kappa shape index (κ1) is 10.6. The lowest BCUT2D eigenvalue weighted by atomic mass is 10.3. The van der Waals surface area contributed by atoms with Gasteiger partial charge < -0.3 is 0 Å². The molecular weight excluding hydrogens is 230 g/mol. The molecule has 0 fully saturated rings. The fourth-order valence-corrected chi connectivity index (χ4v) is 3.56. The van der Waals surface area contributed by atoms with Gasteiger partial charge in [-0.25, -0.2) is 5.48 Å². The van der Waals surface area contributed by atoms with E-state index in [1.54, 1.807) is 11.3 Å². The smallest absolute Gasteiger partial charge is 0.274 e. The first-order valence-electron chi connectivity index (χ1n) is 4.62. The van der Waals surface area contributed by atoms with Gasteiger partial charge in [0.05, 0.1) is 11.5 Å². The zero-order valence-corrected chi connectivity index (χ0v) is 10.1. The van der Waals surface area contributed by atoms with E-state index >= 15 is 0 Å². The lowest BCUT2D eigenvalue weighted by Crippen LogP contribution is -2.23. The number of hydrogen-bond acceptors (Lipinski definition) is 4. The van der Waals surface area contributed by atoms with E-state index in [-0.39, 0.29) is 5.91 Å². The number of rotatable bonds is 3. The SMILES string of the molecule is CCONC(=O)c1sc2ccsc2c1C. The number of hydroxylamine groups is 1. The summed E-state index contributed by atoms with van der Waals surface area (Å²) in [5, 5.41) is 2.04. The summed E-state index contributed by atoms with van der Waals surface area (Å²) in [6.45, 7) is 4.28. The minimum Gasteiger partial charge on any atom is -0.274 e. The third-order valence-corrected chi connectivity index (χ3v) is 4.46. The van der Waals surface area contributed by atoms with Gasteiger partial charge in [-0.1, -0.05) is 0 Å². The Morgan fingerprint density at radius 1 is 1.60 bits per heavy atom. The van der Waals surface area contributed by atoms with Crippen LogP contribution < -0.4 is 5.48 Å². The molecule has 0 saturated carbocycles. The third-order valence-electron chi connectivity index (χ3n) is 2.04. The van der Waals surface area contributed by atoms with E-state index < -0.39 is 0 Å². The van der Waals surface area contributed by atoms with E-state index in [2.05, 4.69) is 5.48 Å². The van der Waals surface area contributed by atoms with Crippen molar-refractivity contribution in [3.8, 4) is 0 Å². The van der Waals surface area contributed by atoms with E-state index in [1.807, 2.05) is 25.3 Å². The van der Waals surface area contributed by atoms with Crippen molar-refractivity contribution in [1.82, 2.24) is 5.48 Å². The van der Waals surface area contributed by atoms with Crippen molar-refractivity contribution in [3.63, 3.8) is 0 Å². The van der Waals surface area contributed by atoms with Crippen LogP contribution in [0.3, 0.4) is 0 Å². The highest BCUT2D eigenvalue weighted by molar-refractivity contribution is 7.28. The molecular formula is C10H11NO2S2. The molecule has 3 nitrogen and oxygen atoms in total. The van der Waals surface area contributed by atoms with Gasteiger partial charge in [0.25, 0.3) is 5.91 Å². The standard InChI is InChI=1S/C10H11NO2S2/c1-3-13-11-10(12)9-6(2)8-7(15-9)4-5-14-8/h4-5H,3H2,1-2H3,(H,11,12). The van der Waals surface area contributed by atoms with Crippen LogP contribution in [0.15, 0.2) is 11.4 Å². The van der Waals surface area contributed by atoms with Crippen molar-refractivity contribution in [1.29, 1.82) is 0 Å². The van der Waals surface area contributed by atoms with Gasteiger partial charge >= 0.3 is 0 Å². The summed E-state index contributed by atoms with van der Waals surface area (Å²) in [5.41, 5.74) is 3.46. The summed E-state index contributed by atoms with van der Waals surface area (Å²) in [4.78, 5) is 17.3. The molecule has 0 radical (unpaired) electrons. The predicted molar refractivity (Wildman–Crippen MR) is 63.5 cm³/mol. The molecule has 0 bridgehead atoms. The van der Waals surface area contributed by atoms with Crippen LogP contribution in [0.25, 0.3) is 9.40 Å². The number of carbonyl (C=O) groups excluding carboxylic acids is 1. The quantitative estimate of drug-likeness (QED) is 0.839. The molecule has 2 aromatic heterocycles.